The minimum absolute atomic E-state index is 0.0904. The van der Waals surface area contributed by atoms with Gasteiger partial charge in [-0.1, -0.05) is 11.6 Å². The van der Waals surface area contributed by atoms with E-state index < -0.39 is 0 Å². The first-order chi connectivity index (χ1) is 8.25. The van der Waals surface area contributed by atoms with Crippen molar-refractivity contribution >= 4 is 11.6 Å². The van der Waals surface area contributed by atoms with Crippen molar-refractivity contribution in [3.05, 3.63) is 29.0 Å². The lowest BCUT2D eigenvalue weighted by molar-refractivity contribution is -0.00736. The molecule has 2 saturated carbocycles. The SMILES string of the molecule is Clc1cccnc1C12CC3CC(CC(C3)N1)C2. The third-order valence-corrected chi connectivity index (χ3v) is 5.17. The number of hydrogen-bond donors (Lipinski definition) is 1. The topological polar surface area (TPSA) is 24.9 Å². The third-order valence-electron chi connectivity index (χ3n) is 4.87. The van der Waals surface area contributed by atoms with Gasteiger partial charge in [-0.05, 0) is 56.1 Å². The van der Waals surface area contributed by atoms with Crippen molar-refractivity contribution in [1.82, 2.24) is 10.3 Å². The molecular formula is C14H17ClN2. The molecule has 2 unspecified atom stereocenters. The molecule has 17 heavy (non-hydrogen) atoms. The van der Waals surface area contributed by atoms with E-state index in [2.05, 4.69) is 10.3 Å². The maximum absolute atomic E-state index is 6.36. The number of piperidine rings is 2. The first kappa shape index (κ1) is 10.3. The van der Waals surface area contributed by atoms with E-state index >= 15 is 0 Å². The van der Waals surface area contributed by atoms with Crippen LogP contribution in [0.1, 0.15) is 37.8 Å². The molecule has 0 spiro atoms. The molecule has 1 aromatic heterocycles. The second-order valence-electron chi connectivity index (χ2n) is 6.10. The van der Waals surface area contributed by atoms with Gasteiger partial charge in [0.05, 0.1) is 16.3 Å². The molecule has 90 valence electrons. The van der Waals surface area contributed by atoms with Crippen LogP contribution in [0.5, 0.6) is 0 Å². The average Bonchev–Trinajstić information content (AvgIpc) is 2.27. The van der Waals surface area contributed by atoms with Crippen molar-refractivity contribution < 1.29 is 0 Å². The highest BCUT2D eigenvalue weighted by Gasteiger charge is 2.52. The molecule has 0 amide bonds. The van der Waals surface area contributed by atoms with Gasteiger partial charge in [-0.25, -0.2) is 0 Å². The van der Waals surface area contributed by atoms with Crippen molar-refractivity contribution in [3.8, 4) is 0 Å². The fraction of sp³-hybridized carbons (Fsp3) is 0.643. The molecule has 2 nitrogen and oxygen atoms in total. The Morgan fingerprint density at radius 1 is 1.24 bits per heavy atom. The molecule has 1 aromatic rings. The summed E-state index contributed by atoms with van der Waals surface area (Å²) in [6.07, 6.45) is 8.50. The molecule has 0 radical (unpaired) electrons. The zero-order chi connectivity index (χ0) is 11.5. The third kappa shape index (κ3) is 1.47. The van der Waals surface area contributed by atoms with Crippen molar-refractivity contribution in [1.29, 1.82) is 0 Å². The predicted molar refractivity (Wildman–Crippen MR) is 67.9 cm³/mol. The molecule has 1 N–H and O–H groups in total. The van der Waals surface area contributed by atoms with Crippen molar-refractivity contribution in [2.45, 2.75) is 43.7 Å². The summed E-state index contributed by atoms with van der Waals surface area (Å²) in [5.41, 5.74) is 1.19. The molecule has 2 saturated heterocycles. The van der Waals surface area contributed by atoms with E-state index in [1.165, 1.54) is 32.1 Å². The normalized spacial score (nSPS) is 43.0. The number of aromatic nitrogens is 1. The molecule has 5 rings (SSSR count). The van der Waals surface area contributed by atoms with Crippen LogP contribution in [0.15, 0.2) is 18.3 Å². The lowest BCUT2D eigenvalue weighted by atomic mass is 9.58. The van der Waals surface area contributed by atoms with E-state index in [0.29, 0.717) is 6.04 Å². The van der Waals surface area contributed by atoms with Gasteiger partial charge in [0.25, 0.3) is 0 Å². The summed E-state index contributed by atoms with van der Waals surface area (Å²) >= 11 is 6.36. The quantitative estimate of drug-likeness (QED) is 0.826. The van der Waals surface area contributed by atoms with E-state index in [1.54, 1.807) is 0 Å². The van der Waals surface area contributed by atoms with Crippen LogP contribution in [0.4, 0.5) is 0 Å². The molecule has 3 heteroatoms. The Hall–Kier alpha value is -0.600. The van der Waals surface area contributed by atoms with Crippen LogP contribution in [0.2, 0.25) is 5.02 Å². The predicted octanol–water partition coefficient (Wildman–Crippen LogP) is 3.11. The second kappa shape index (κ2) is 3.46. The lowest BCUT2D eigenvalue weighted by Crippen LogP contribution is -2.62. The largest absolute Gasteiger partial charge is 0.303 e. The van der Waals surface area contributed by atoms with Crippen LogP contribution in [0.25, 0.3) is 0 Å². The Bertz CT molecular complexity index is 422. The van der Waals surface area contributed by atoms with Crippen molar-refractivity contribution in [2.75, 3.05) is 0 Å². The monoisotopic (exact) mass is 248 g/mol. The Morgan fingerprint density at radius 3 is 2.65 bits per heavy atom. The van der Waals surface area contributed by atoms with Crippen LogP contribution in [0, 0.1) is 11.8 Å². The van der Waals surface area contributed by atoms with Crippen molar-refractivity contribution in [3.63, 3.8) is 0 Å². The molecule has 2 aliphatic heterocycles. The number of pyridine rings is 1. The first-order valence-electron chi connectivity index (χ1n) is 6.64. The van der Waals surface area contributed by atoms with Gasteiger partial charge in [0, 0.05) is 12.2 Å². The van der Waals surface area contributed by atoms with Gasteiger partial charge >= 0.3 is 0 Å². The fourth-order valence-electron chi connectivity index (χ4n) is 4.59. The maximum Gasteiger partial charge on any atom is 0.0790 e. The molecule has 4 aliphatic rings. The van der Waals surface area contributed by atoms with E-state index in [4.69, 9.17) is 11.6 Å². The number of halogens is 1. The Labute approximate surface area is 107 Å². The number of rotatable bonds is 1. The van der Waals surface area contributed by atoms with E-state index in [1.807, 2.05) is 18.3 Å². The van der Waals surface area contributed by atoms with E-state index in [-0.39, 0.29) is 5.54 Å². The van der Waals surface area contributed by atoms with Gasteiger partial charge in [0.15, 0.2) is 0 Å². The fourth-order valence-corrected chi connectivity index (χ4v) is 4.90. The van der Waals surface area contributed by atoms with Crippen LogP contribution >= 0.6 is 11.6 Å². The van der Waals surface area contributed by atoms with Crippen molar-refractivity contribution in [2.24, 2.45) is 11.8 Å². The summed E-state index contributed by atoms with van der Waals surface area (Å²) < 4.78 is 0. The smallest absolute Gasteiger partial charge is 0.0790 e. The summed E-state index contributed by atoms with van der Waals surface area (Å²) in [6, 6.07) is 4.61. The molecular weight excluding hydrogens is 232 g/mol. The van der Waals surface area contributed by atoms with Crippen LogP contribution in [0.3, 0.4) is 0 Å². The maximum atomic E-state index is 6.36. The second-order valence-corrected chi connectivity index (χ2v) is 6.51. The minimum atomic E-state index is 0.0904. The average molecular weight is 249 g/mol. The van der Waals surface area contributed by atoms with Gasteiger partial charge in [0.2, 0.25) is 0 Å². The number of hydrogen-bond acceptors (Lipinski definition) is 2. The van der Waals surface area contributed by atoms with Crippen LogP contribution in [-0.4, -0.2) is 11.0 Å². The number of nitrogens with zero attached hydrogens (tertiary/aromatic N) is 1. The number of nitrogens with one attached hydrogen (secondary N) is 1. The molecule has 2 atom stereocenters. The lowest BCUT2D eigenvalue weighted by Gasteiger charge is -2.57. The first-order valence-corrected chi connectivity index (χ1v) is 7.02. The highest BCUT2D eigenvalue weighted by molar-refractivity contribution is 6.31. The Kier molecular flexibility index (Phi) is 2.10. The molecule has 3 heterocycles. The minimum Gasteiger partial charge on any atom is -0.303 e. The highest BCUT2D eigenvalue weighted by atomic mass is 35.5. The van der Waals surface area contributed by atoms with Crippen LogP contribution in [-0.2, 0) is 5.54 Å². The Balaban J connectivity index is 1.80. The summed E-state index contributed by atoms with van der Waals surface area (Å²) in [6.45, 7) is 0. The summed E-state index contributed by atoms with van der Waals surface area (Å²) in [5, 5.41) is 4.67. The summed E-state index contributed by atoms with van der Waals surface area (Å²) in [7, 11) is 0. The summed E-state index contributed by atoms with van der Waals surface area (Å²) in [5.74, 6) is 1.79. The van der Waals surface area contributed by atoms with Gasteiger partial charge in [0.1, 0.15) is 0 Å². The Morgan fingerprint density at radius 2 is 2.00 bits per heavy atom. The summed E-state index contributed by atoms with van der Waals surface area (Å²) in [4.78, 5) is 4.57. The van der Waals surface area contributed by atoms with Gasteiger partial charge in [-0.2, -0.15) is 0 Å². The zero-order valence-electron chi connectivity index (χ0n) is 9.82. The van der Waals surface area contributed by atoms with Gasteiger partial charge < -0.3 is 5.32 Å². The highest BCUT2D eigenvalue weighted by Crippen LogP contribution is 2.54. The molecule has 2 aliphatic carbocycles. The molecule has 4 bridgehead atoms. The zero-order valence-corrected chi connectivity index (χ0v) is 10.6. The molecule has 0 aromatic carbocycles. The van der Waals surface area contributed by atoms with Gasteiger partial charge in [-0.3, -0.25) is 4.98 Å². The van der Waals surface area contributed by atoms with Crippen LogP contribution < -0.4 is 5.32 Å². The van der Waals surface area contributed by atoms with E-state index in [9.17, 15) is 0 Å². The standard InChI is InChI=1S/C14H17ClN2/c15-12-2-1-3-16-13(12)14-7-9-4-10(8-14)6-11(5-9)17-14/h1-3,9-11,17H,4-8H2. The van der Waals surface area contributed by atoms with Gasteiger partial charge in [-0.15, -0.1) is 0 Å². The molecule has 4 fully saturated rings. The van der Waals surface area contributed by atoms with E-state index in [0.717, 1.165) is 22.6 Å².